The highest BCUT2D eigenvalue weighted by molar-refractivity contribution is 6.33. The number of esters is 1. The predicted octanol–water partition coefficient (Wildman–Crippen LogP) is 4.15. The molecule has 2 rings (SSSR count). The average molecular weight is 346 g/mol. The molecule has 0 unspecified atom stereocenters. The average Bonchev–Trinajstić information content (AvgIpc) is 2.60. The van der Waals surface area contributed by atoms with Crippen molar-refractivity contribution in [3.05, 3.63) is 70.7 Å². The maximum atomic E-state index is 12.1. The van der Waals surface area contributed by atoms with Gasteiger partial charge in [0, 0.05) is 0 Å². The molecular formula is C19H20ClNO3. The zero-order valence-corrected chi connectivity index (χ0v) is 14.3. The van der Waals surface area contributed by atoms with E-state index >= 15 is 0 Å². The van der Waals surface area contributed by atoms with Crippen LogP contribution in [-0.4, -0.2) is 18.5 Å². The monoisotopic (exact) mass is 345 g/mol. The van der Waals surface area contributed by atoms with Crippen molar-refractivity contribution >= 4 is 23.5 Å². The van der Waals surface area contributed by atoms with Crippen LogP contribution in [0.3, 0.4) is 0 Å². The van der Waals surface area contributed by atoms with Gasteiger partial charge >= 0.3 is 5.97 Å². The van der Waals surface area contributed by atoms with Crippen molar-refractivity contribution < 1.29 is 14.3 Å². The fourth-order valence-corrected chi connectivity index (χ4v) is 2.58. The van der Waals surface area contributed by atoms with E-state index in [1.54, 1.807) is 24.3 Å². The van der Waals surface area contributed by atoms with E-state index in [0.29, 0.717) is 5.02 Å². The van der Waals surface area contributed by atoms with Gasteiger partial charge in [0.25, 0.3) is 5.91 Å². The Morgan fingerprint density at radius 2 is 1.75 bits per heavy atom. The molecule has 1 atom stereocenters. The van der Waals surface area contributed by atoms with Gasteiger partial charge in [-0.15, -0.1) is 0 Å². The maximum absolute atomic E-state index is 12.1. The van der Waals surface area contributed by atoms with Gasteiger partial charge < -0.3 is 10.1 Å². The molecule has 1 N–H and O–H groups in total. The summed E-state index contributed by atoms with van der Waals surface area (Å²) in [7, 11) is 0. The summed E-state index contributed by atoms with van der Waals surface area (Å²) in [6, 6.07) is 16.2. The van der Waals surface area contributed by atoms with E-state index in [2.05, 4.69) is 12.2 Å². The number of nitrogens with one attached hydrogen (secondary N) is 1. The molecule has 0 fully saturated rings. The Labute approximate surface area is 146 Å². The second-order valence-corrected chi connectivity index (χ2v) is 5.78. The minimum atomic E-state index is -0.609. The van der Waals surface area contributed by atoms with E-state index in [1.807, 2.05) is 30.3 Å². The van der Waals surface area contributed by atoms with Gasteiger partial charge in [0.1, 0.15) is 0 Å². The van der Waals surface area contributed by atoms with Crippen LogP contribution in [0.25, 0.3) is 0 Å². The third-order valence-electron chi connectivity index (χ3n) is 3.54. The van der Waals surface area contributed by atoms with Gasteiger partial charge in [-0.2, -0.15) is 0 Å². The van der Waals surface area contributed by atoms with Crippen LogP contribution in [0.4, 0.5) is 0 Å². The van der Waals surface area contributed by atoms with Crippen LogP contribution in [0.2, 0.25) is 5.02 Å². The standard InChI is InChI=1S/C19H20ClNO3/c1-2-8-17(14-9-4-3-5-10-14)21-18(22)13-24-19(23)15-11-6-7-12-16(15)20/h3-7,9-12,17H,2,8,13H2,1H3,(H,21,22)/t17-/m0/s1. The quantitative estimate of drug-likeness (QED) is 0.767. The summed E-state index contributed by atoms with van der Waals surface area (Å²) in [4.78, 5) is 24.1. The summed E-state index contributed by atoms with van der Waals surface area (Å²) < 4.78 is 5.05. The van der Waals surface area contributed by atoms with Gasteiger partial charge in [0.15, 0.2) is 6.61 Å². The Morgan fingerprint density at radius 1 is 1.08 bits per heavy atom. The van der Waals surface area contributed by atoms with E-state index < -0.39 is 5.97 Å². The summed E-state index contributed by atoms with van der Waals surface area (Å²) in [5.74, 6) is -0.944. The second kappa shape index (κ2) is 9.08. The van der Waals surface area contributed by atoms with Crippen LogP contribution in [0.1, 0.15) is 41.7 Å². The summed E-state index contributed by atoms with van der Waals surface area (Å²) in [5, 5.41) is 3.21. The molecule has 126 valence electrons. The van der Waals surface area contributed by atoms with E-state index in [-0.39, 0.29) is 24.1 Å². The molecule has 0 saturated carbocycles. The molecule has 2 aromatic carbocycles. The molecule has 2 aromatic rings. The lowest BCUT2D eigenvalue weighted by atomic mass is 10.0. The van der Waals surface area contributed by atoms with Crippen molar-refractivity contribution in [2.45, 2.75) is 25.8 Å². The van der Waals surface area contributed by atoms with Crippen LogP contribution in [0.15, 0.2) is 54.6 Å². The van der Waals surface area contributed by atoms with Gasteiger partial charge in [-0.05, 0) is 24.1 Å². The number of benzene rings is 2. The summed E-state index contributed by atoms with van der Waals surface area (Å²) >= 11 is 5.94. The number of hydrogen-bond acceptors (Lipinski definition) is 3. The topological polar surface area (TPSA) is 55.4 Å². The van der Waals surface area contributed by atoms with Crippen molar-refractivity contribution in [1.29, 1.82) is 0 Å². The largest absolute Gasteiger partial charge is 0.452 e. The highest BCUT2D eigenvalue weighted by atomic mass is 35.5. The summed E-state index contributed by atoms with van der Waals surface area (Å²) in [6.45, 7) is 1.72. The predicted molar refractivity (Wildman–Crippen MR) is 94.0 cm³/mol. The maximum Gasteiger partial charge on any atom is 0.340 e. The number of halogens is 1. The van der Waals surface area contributed by atoms with E-state index in [0.717, 1.165) is 18.4 Å². The smallest absolute Gasteiger partial charge is 0.340 e. The molecule has 0 spiro atoms. The lowest BCUT2D eigenvalue weighted by Gasteiger charge is -2.18. The Bertz CT molecular complexity index is 688. The van der Waals surface area contributed by atoms with Gasteiger partial charge in [-0.1, -0.05) is 67.4 Å². The van der Waals surface area contributed by atoms with Crippen molar-refractivity contribution in [2.24, 2.45) is 0 Å². The first-order valence-corrected chi connectivity index (χ1v) is 8.25. The minimum absolute atomic E-state index is 0.0947. The van der Waals surface area contributed by atoms with E-state index in [9.17, 15) is 9.59 Å². The number of hydrogen-bond donors (Lipinski definition) is 1. The number of carbonyl (C=O) groups excluding carboxylic acids is 2. The van der Waals surface area contributed by atoms with Crippen molar-refractivity contribution in [3.63, 3.8) is 0 Å². The number of carbonyl (C=O) groups is 2. The van der Waals surface area contributed by atoms with Gasteiger partial charge in [-0.25, -0.2) is 4.79 Å². The highest BCUT2D eigenvalue weighted by Crippen LogP contribution is 2.18. The lowest BCUT2D eigenvalue weighted by Crippen LogP contribution is -2.32. The Kier molecular flexibility index (Phi) is 6.82. The van der Waals surface area contributed by atoms with Crippen LogP contribution in [0, 0.1) is 0 Å². The first kappa shape index (κ1) is 18.0. The zero-order valence-electron chi connectivity index (χ0n) is 13.5. The Hall–Kier alpha value is -2.33. The molecule has 0 aliphatic carbocycles. The normalized spacial score (nSPS) is 11.6. The molecule has 24 heavy (non-hydrogen) atoms. The van der Waals surface area contributed by atoms with Crippen LogP contribution >= 0.6 is 11.6 Å². The third kappa shape index (κ3) is 5.10. The molecule has 0 heterocycles. The van der Waals surface area contributed by atoms with Crippen molar-refractivity contribution in [1.82, 2.24) is 5.32 Å². The third-order valence-corrected chi connectivity index (χ3v) is 3.87. The van der Waals surface area contributed by atoms with Gasteiger partial charge in [-0.3, -0.25) is 4.79 Å². The molecule has 0 aliphatic rings. The Morgan fingerprint density at radius 3 is 2.42 bits per heavy atom. The zero-order chi connectivity index (χ0) is 17.4. The van der Waals surface area contributed by atoms with Crippen molar-refractivity contribution in [2.75, 3.05) is 6.61 Å². The van der Waals surface area contributed by atoms with Crippen LogP contribution < -0.4 is 5.32 Å². The van der Waals surface area contributed by atoms with Crippen LogP contribution in [0.5, 0.6) is 0 Å². The minimum Gasteiger partial charge on any atom is -0.452 e. The van der Waals surface area contributed by atoms with E-state index in [4.69, 9.17) is 16.3 Å². The SMILES string of the molecule is CCC[C@H](NC(=O)COC(=O)c1ccccc1Cl)c1ccccc1. The molecule has 0 aromatic heterocycles. The van der Waals surface area contributed by atoms with Crippen LogP contribution in [-0.2, 0) is 9.53 Å². The molecule has 5 heteroatoms. The second-order valence-electron chi connectivity index (χ2n) is 5.38. The highest BCUT2D eigenvalue weighted by Gasteiger charge is 2.16. The number of ether oxygens (including phenoxy) is 1. The number of amides is 1. The lowest BCUT2D eigenvalue weighted by molar-refractivity contribution is -0.125. The fourth-order valence-electron chi connectivity index (χ4n) is 2.37. The summed E-state index contributed by atoms with van der Waals surface area (Å²) in [5.41, 5.74) is 1.28. The molecule has 4 nitrogen and oxygen atoms in total. The Balaban J connectivity index is 1.92. The number of rotatable bonds is 7. The molecule has 1 amide bonds. The van der Waals surface area contributed by atoms with Gasteiger partial charge in [0.2, 0.25) is 0 Å². The molecule has 0 saturated heterocycles. The van der Waals surface area contributed by atoms with Crippen molar-refractivity contribution in [3.8, 4) is 0 Å². The van der Waals surface area contributed by atoms with E-state index in [1.165, 1.54) is 0 Å². The van der Waals surface area contributed by atoms with Gasteiger partial charge in [0.05, 0.1) is 16.6 Å². The summed E-state index contributed by atoms with van der Waals surface area (Å²) in [6.07, 6.45) is 1.74. The fraction of sp³-hybridized carbons (Fsp3) is 0.263. The first-order valence-electron chi connectivity index (χ1n) is 7.87. The molecule has 0 radical (unpaired) electrons. The molecule has 0 aliphatic heterocycles. The molecular weight excluding hydrogens is 326 g/mol. The molecule has 0 bridgehead atoms. The first-order chi connectivity index (χ1) is 11.6.